The Balaban J connectivity index is 1.93. The highest BCUT2D eigenvalue weighted by atomic mass is 16.5. The lowest BCUT2D eigenvalue weighted by Gasteiger charge is -2.23. The van der Waals surface area contributed by atoms with Gasteiger partial charge in [0, 0.05) is 17.8 Å². The zero-order chi connectivity index (χ0) is 18.0. The summed E-state index contributed by atoms with van der Waals surface area (Å²) in [6.07, 6.45) is 3.08. The lowest BCUT2D eigenvalue weighted by Crippen LogP contribution is -2.26. The molecule has 0 aliphatic carbocycles. The molecule has 0 aliphatic rings. The van der Waals surface area contributed by atoms with Crippen LogP contribution in [0.2, 0.25) is 0 Å². The van der Waals surface area contributed by atoms with Crippen LogP contribution in [0.3, 0.4) is 0 Å². The van der Waals surface area contributed by atoms with E-state index < -0.39 is 17.1 Å². The summed E-state index contributed by atoms with van der Waals surface area (Å²) in [6, 6.07) is 10.5. The van der Waals surface area contributed by atoms with Gasteiger partial charge in [-0.1, -0.05) is 18.2 Å². The van der Waals surface area contributed by atoms with E-state index in [4.69, 9.17) is 4.74 Å². The SMILES string of the molecule is CC(C)(C)Oc1ccncc1NC(=O)c1cc2ccccc2[nH]c1=O. The average molecular weight is 337 g/mol. The Morgan fingerprint density at radius 2 is 1.96 bits per heavy atom. The molecule has 2 N–H and O–H groups in total. The summed E-state index contributed by atoms with van der Waals surface area (Å²) >= 11 is 0. The molecule has 0 unspecified atom stereocenters. The van der Waals surface area contributed by atoms with E-state index in [-0.39, 0.29) is 5.56 Å². The number of amides is 1. The van der Waals surface area contributed by atoms with E-state index in [0.29, 0.717) is 17.0 Å². The highest BCUT2D eigenvalue weighted by Gasteiger charge is 2.18. The first-order valence-corrected chi connectivity index (χ1v) is 7.90. The van der Waals surface area contributed by atoms with Gasteiger partial charge in [-0.05, 0) is 38.3 Å². The minimum absolute atomic E-state index is 0.0317. The maximum Gasteiger partial charge on any atom is 0.261 e. The number of H-pyrrole nitrogens is 1. The van der Waals surface area contributed by atoms with E-state index in [1.807, 2.05) is 39.0 Å². The van der Waals surface area contributed by atoms with Gasteiger partial charge in [0.1, 0.15) is 22.6 Å². The lowest BCUT2D eigenvalue weighted by molar-refractivity contribution is 0.102. The van der Waals surface area contributed by atoms with Crippen LogP contribution in [0, 0.1) is 0 Å². The fraction of sp³-hybridized carbons (Fsp3) is 0.211. The van der Waals surface area contributed by atoms with E-state index in [1.54, 1.807) is 24.4 Å². The molecule has 0 fully saturated rings. The molecule has 0 spiro atoms. The van der Waals surface area contributed by atoms with Crippen molar-refractivity contribution in [2.45, 2.75) is 26.4 Å². The Hall–Kier alpha value is -3.15. The molecule has 0 radical (unpaired) electrons. The zero-order valence-electron chi connectivity index (χ0n) is 14.3. The molecule has 2 heterocycles. The average Bonchev–Trinajstić information content (AvgIpc) is 2.54. The number of anilines is 1. The van der Waals surface area contributed by atoms with E-state index in [9.17, 15) is 9.59 Å². The Bertz CT molecular complexity index is 987. The second kappa shape index (κ2) is 6.39. The number of ether oxygens (including phenoxy) is 1. The predicted molar refractivity (Wildman–Crippen MR) is 97.1 cm³/mol. The van der Waals surface area contributed by atoms with Gasteiger partial charge in [-0.25, -0.2) is 0 Å². The van der Waals surface area contributed by atoms with Crippen molar-refractivity contribution >= 4 is 22.5 Å². The number of rotatable bonds is 3. The highest BCUT2D eigenvalue weighted by Crippen LogP contribution is 2.27. The molecule has 2 aromatic heterocycles. The third kappa shape index (κ3) is 3.85. The van der Waals surface area contributed by atoms with Crippen LogP contribution in [0.5, 0.6) is 5.75 Å². The number of aromatic nitrogens is 2. The number of pyridine rings is 2. The fourth-order valence-corrected chi connectivity index (χ4v) is 2.40. The van der Waals surface area contributed by atoms with Crippen LogP contribution < -0.4 is 15.6 Å². The smallest absolute Gasteiger partial charge is 0.261 e. The second-order valence-corrected chi connectivity index (χ2v) is 6.64. The largest absolute Gasteiger partial charge is 0.486 e. The molecular formula is C19H19N3O3. The maximum atomic E-state index is 12.6. The van der Waals surface area contributed by atoms with Gasteiger partial charge in [-0.3, -0.25) is 14.6 Å². The molecule has 128 valence electrons. The first-order valence-electron chi connectivity index (χ1n) is 7.90. The molecule has 1 amide bonds. The van der Waals surface area contributed by atoms with Gasteiger partial charge in [0.25, 0.3) is 11.5 Å². The zero-order valence-corrected chi connectivity index (χ0v) is 14.3. The van der Waals surface area contributed by atoms with Crippen molar-refractivity contribution in [2.24, 2.45) is 0 Å². The summed E-state index contributed by atoms with van der Waals surface area (Å²) in [7, 11) is 0. The first kappa shape index (κ1) is 16.7. The standard InChI is InChI=1S/C19H19N3O3/c1-19(2,3)25-16-8-9-20-11-15(16)22-18(24)13-10-12-6-4-5-7-14(12)21-17(13)23/h4-11H,1-3H3,(H,21,23)(H,22,24). The van der Waals surface area contributed by atoms with Crippen LogP contribution in [-0.4, -0.2) is 21.5 Å². The highest BCUT2D eigenvalue weighted by molar-refractivity contribution is 6.06. The quantitative estimate of drug-likeness (QED) is 0.767. The number of aromatic amines is 1. The molecular weight excluding hydrogens is 318 g/mol. The van der Waals surface area contributed by atoms with Crippen molar-refractivity contribution in [3.63, 3.8) is 0 Å². The predicted octanol–water partition coefficient (Wildman–Crippen LogP) is 3.35. The second-order valence-electron chi connectivity index (χ2n) is 6.64. The summed E-state index contributed by atoms with van der Waals surface area (Å²) in [6.45, 7) is 5.73. The Morgan fingerprint density at radius 3 is 2.72 bits per heavy atom. The molecule has 6 nitrogen and oxygen atoms in total. The van der Waals surface area contributed by atoms with Crippen molar-refractivity contribution in [3.05, 3.63) is 64.7 Å². The molecule has 0 bridgehead atoms. The summed E-state index contributed by atoms with van der Waals surface area (Å²) in [5.74, 6) is -0.0215. The number of carbonyl (C=O) groups excluding carboxylic acids is 1. The van der Waals surface area contributed by atoms with Crippen molar-refractivity contribution in [1.29, 1.82) is 0 Å². The number of hydrogen-bond acceptors (Lipinski definition) is 4. The van der Waals surface area contributed by atoms with Gasteiger partial charge >= 0.3 is 0 Å². The number of hydrogen-bond donors (Lipinski definition) is 2. The number of nitrogens with zero attached hydrogens (tertiary/aromatic N) is 1. The topological polar surface area (TPSA) is 84.1 Å². The van der Waals surface area contributed by atoms with Gasteiger partial charge in [-0.15, -0.1) is 0 Å². The molecule has 6 heteroatoms. The van der Waals surface area contributed by atoms with Crippen LogP contribution in [0.4, 0.5) is 5.69 Å². The van der Waals surface area contributed by atoms with Gasteiger partial charge in [0.2, 0.25) is 0 Å². The third-order valence-corrected chi connectivity index (χ3v) is 3.44. The number of nitrogens with one attached hydrogen (secondary N) is 2. The normalized spacial score (nSPS) is 11.3. The fourth-order valence-electron chi connectivity index (χ4n) is 2.40. The summed E-state index contributed by atoms with van der Waals surface area (Å²) in [5.41, 5.74) is 0.251. The van der Waals surface area contributed by atoms with Gasteiger partial charge in [-0.2, -0.15) is 0 Å². The van der Waals surface area contributed by atoms with Crippen molar-refractivity contribution in [2.75, 3.05) is 5.32 Å². The lowest BCUT2D eigenvalue weighted by atomic mass is 10.1. The molecule has 0 saturated carbocycles. The number of benzene rings is 1. The van der Waals surface area contributed by atoms with Crippen LogP contribution in [-0.2, 0) is 0 Å². The molecule has 0 atom stereocenters. The van der Waals surface area contributed by atoms with E-state index >= 15 is 0 Å². The van der Waals surface area contributed by atoms with Crippen LogP contribution in [0.25, 0.3) is 10.9 Å². The third-order valence-electron chi connectivity index (χ3n) is 3.44. The van der Waals surface area contributed by atoms with Gasteiger partial charge in [0.05, 0.1) is 6.20 Å². The van der Waals surface area contributed by atoms with Crippen molar-refractivity contribution in [1.82, 2.24) is 9.97 Å². The molecule has 3 aromatic rings. The monoisotopic (exact) mass is 337 g/mol. The number of fused-ring (bicyclic) bond motifs is 1. The van der Waals surface area contributed by atoms with Gasteiger partial charge < -0.3 is 15.0 Å². The molecule has 0 aliphatic heterocycles. The molecule has 1 aromatic carbocycles. The van der Waals surface area contributed by atoms with Crippen molar-refractivity contribution < 1.29 is 9.53 Å². The van der Waals surface area contributed by atoms with Gasteiger partial charge in [0.15, 0.2) is 0 Å². The maximum absolute atomic E-state index is 12.6. The molecule has 0 saturated heterocycles. The number of carbonyl (C=O) groups is 1. The van der Waals surface area contributed by atoms with E-state index in [1.165, 1.54) is 6.20 Å². The Morgan fingerprint density at radius 1 is 1.20 bits per heavy atom. The minimum Gasteiger partial charge on any atom is -0.486 e. The Kier molecular flexibility index (Phi) is 4.27. The summed E-state index contributed by atoms with van der Waals surface area (Å²) < 4.78 is 5.83. The number of para-hydroxylation sites is 1. The minimum atomic E-state index is -0.515. The summed E-state index contributed by atoms with van der Waals surface area (Å²) in [5, 5.41) is 3.49. The van der Waals surface area contributed by atoms with Crippen molar-refractivity contribution in [3.8, 4) is 5.75 Å². The molecule has 3 rings (SSSR count). The Labute approximate surface area is 144 Å². The van der Waals surface area contributed by atoms with E-state index in [0.717, 1.165) is 5.39 Å². The van der Waals surface area contributed by atoms with E-state index in [2.05, 4.69) is 15.3 Å². The first-order chi connectivity index (χ1) is 11.8. The summed E-state index contributed by atoms with van der Waals surface area (Å²) in [4.78, 5) is 31.5. The molecule has 25 heavy (non-hydrogen) atoms. The van der Waals surface area contributed by atoms with Crippen LogP contribution in [0.15, 0.2) is 53.6 Å². The van der Waals surface area contributed by atoms with Crippen LogP contribution >= 0.6 is 0 Å². The van der Waals surface area contributed by atoms with Crippen LogP contribution in [0.1, 0.15) is 31.1 Å².